The zero-order valence-corrected chi connectivity index (χ0v) is 9.53. The van der Waals surface area contributed by atoms with Crippen LogP contribution in [-0.4, -0.2) is 31.3 Å². The van der Waals surface area contributed by atoms with Crippen LogP contribution in [0.25, 0.3) is 0 Å². The summed E-state index contributed by atoms with van der Waals surface area (Å²) in [6.07, 6.45) is 0. The summed E-state index contributed by atoms with van der Waals surface area (Å²) < 4.78 is 0. The third-order valence-electron chi connectivity index (χ3n) is 2.50. The molecule has 2 aromatic rings. The molecule has 0 heterocycles. The molecular formula is C13H10O6. The van der Waals surface area contributed by atoms with E-state index in [2.05, 4.69) is 0 Å². The Labute approximate surface area is 107 Å². The summed E-state index contributed by atoms with van der Waals surface area (Å²) in [6.45, 7) is 0. The van der Waals surface area contributed by atoms with E-state index in [-0.39, 0.29) is 22.6 Å². The zero-order valence-electron chi connectivity index (χ0n) is 9.53. The van der Waals surface area contributed by atoms with Gasteiger partial charge in [-0.25, -0.2) is 0 Å². The van der Waals surface area contributed by atoms with Crippen LogP contribution in [-0.2, 0) is 0 Å². The number of phenols is 5. The average molecular weight is 262 g/mol. The molecule has 19 heavy (non-hydrogen) atoms. The van der Waals surface area contributed by atoms with Crippen LogP contribution in [0.5, 0.6) is 28.7 Å². The highest BCUT2D eigenvalue weighted by molar-refractivity contribution is 6.10. The van der Waals surface area contributed by atoms with Gasteiger partial charge in [0.05, 0.1) is 0 Å². The minimum Gasteiger partial charge on any atom is -0.508 e. The Kier molecular flexibility index (Phi) is 2.92. The first-order chi connectivity index (χ1) is 8.88. The Morgan fingerprint density at radius 2 is 1.11 bits per heavy atom. The molecule has 98 valence electrons. The van der Waals surface area contributed by atoms with Crippen molar-refractivity contribution >= 4 is 5.78 Å². The zero-order chi connectivity index (χ0) is 14.2. The van der Waals surface area contributed by atoms with Gasteiger partial charge in [0.1, 0.15) is 11.5 Å². The molecule has 0 radical (unpaired) electrons. The third-order valence-corrected chi connectivity index (χ3v) is 2.50. The highest BCUT2D eigenvalue weighted by atomic mass is 16.3. The van der Waals surface area contributed by atoms with Crippen LogP contribution >= 0.6 is 0 Å². The monoisotopic (exact) mass is 262 g/mol. The van der Waals surface area contributed by atoms with E-state index in [4.69, 9.17) is 0 Å². The van der Waals surface area contributed by atoms with Crippen molar-refractivity contribution in [3.8, 4) is 28.7 Å². The summed E-state index contributed by atoms with van der Waals surface area (Å²) >= 11 is 0. The molecule has 0 unspecified atom stereocenters. The van der Waals surface area contributed by atoms with Crippen molar-refractivity contribution in [3.63, 3.8) is 0 Å². The Balaban J connectivity index is 2.50. The van der Waals surface area contributed by atoms with E-state index >= 15 is 0 Å². The van der Waals surface area contributed by atoms with Crippen molar-refractivity contribution in [1.82, 2.24) is 0 Å². The molecule has 0 saturated heterocycles. The van der Waals surface area contributed by atoms with Crippen molar-refractivity contribution < 1.29 is 30.3 Å². The molecule has 0 aliphatic rings. The number of rotatable bonds is 2. The second-order valence-electron chi connectivity index (χ2n) is 3.93. The number of hydrogen-bond acceptors (Lipinski definition) is 6. The van der Waals surface area contributed by atoms with E-state index in [1.54, 1.807) is 0 Å². The SMILES string of the molecule is O=C(c1cc(O)cc(O)c1)c1cc(O)c(O)c(O)c1. The molecule has 0 saturated carbocycles. The standard InChI is InChI=1S/C13H10O6/c14-8-1-6(2-9(15)5-8)12(18)7-3-10(16)13(19)11(17)4-7/h1-5,14-17,19H. The number of benzene rings is 2. The van der Waals surface area contributed by atoms with Crippen LogP contribution in [0.2, 0.25) is 0 Å². The fourth-order valence-electron chi connectivity index (χ4n) is 1.63. The lowest BCUT2D eigenvalue weighted by molar-refractivity contribution is 0.103. The maximum absolute atomic E-state index is 12.0. The molecule has 0 aliphatic heterocycles. The van der Waals surface area contributed by atoms with Gasteiger partial charge < -0.3 is 25.5 Å². The van der Waals surface area contributed by atoms with Gasteiger partial charge in [-0.15, -0.1) is 0 Å². The van der Waals surface area contributed by atoms with E-state index < -0.39 is 23.0 Å². The van der Waals surface area contributed by atoms with E-state index in [1.807, 2.05) is 0 Å². The third kappa shape index (κ3) is 2.37. The highest BCUT2D eigenvalue weighted by Gasteiger charge is 2.16. The molecular weight excluding hydrogens is 252 g/mol. The second-order valence-corrected chi connectivity index (χ2v) is 3.93. The fourth-order valence-corrected chi connectivity index (χ4v) is 1.63. The van der Waals surface area contributed by atoms with Crippen molar-refractivity contribution in [2.45, 2.75) is 0 Å². The normalized spacial score (nSPS) is 10.3. The summed E-state index contributed by atoms with van der Waals surface area (Å²) in [5.41, 5.74) is -0.125. The van der Waals surface area contributed by atoms with Gasteiger partial charge in [-0.05, 0) is 24.3 Å². The maximum Gasteiger partial charge on any atom is 0.200 e. The van der Waals surface area contributed by atoms with E-state index in [9.17, 15) is 30.3 Å². The van der Waals surface area contributed by atoms with Gasteiger partial charge in [0.2, 0.25) is 0 Å². The molecule has 0 spiro atoms. The predicted molar refractivity (Wildman–Crippen MR) is 64.6 cm³/mol. The molecule has 0 fully saturated rings. The molecule has 5 N–H and O–H groups in total. The molecule has 6 nitrogen and oxygen atoms in total. The largest absolute Gasteiger partial charge is 0.508 e. The number of ketones is 1. The van der Waals surface area contributed by atoms with Crippen molar-refractivity contribution in [2.24, 2.45) is 0 Å². The van der Waals surface area contributed by atoms with Gasteiger partial charge in [-0.3, -0.25) is 4.79 Å². The smallest absolute Gasteiger partial charge is 0.200 e. The van der Waals surface area contributed by atoms with Crippen LogP contribution in [0.1, 0.15) is 15.9 Å². The number of carbonyl (C=O) groups excluding carboxylic acids is 1. The first-order valence-corrected chi connectivity index (χ1v) is 5.21. The van der Waals surface area contributed by atoms with Gasteiger partial charge >= 0.3 is 0 Å². The lowest BCUT2D eigenvalue weighted by Gasteiger charge is -2.06. The molecule has 2 aromatic carbocycles. The Hall–Kier alpha value is -2.89. The first-order valence-electron chi connectivity index (χ1n) is 5.21. The van der Waals surface area contributed by atoms with Crippen LogP contribution in [0, 0.1) is 0 Å². The minimum absolute atomic E-state index is 0.0259. The van der Waals surface area contributed by atoms with Crippen LogP contribution in [0.4, 0.5) is 0 Å². The van der Waals surface area contributed by atoms with E-state index in [0.717, 1.165) is 30.3 Å². The summed E-state index contributed by atoms with van der Waals surface area (Å²) in [6, 6.07) is 5.26. The molecule has 6 heteroatoms. The van der Waals surface area contributed by atoms with Gasteiger partial charge in [-0.2, -0.15) is 0 Å². The van der Waals surface area contributed by atoms with Crippen LogP contribution in [0.15, 0.2) is 30.3 Å². The fraction of sp³-hybridized carbons (Fsp3) is 0. The van der Waals surface area contributed by atoms with Gasteiger partial charge in [0.25, 0.3) is 0 Å². The van der Waals surface area contributed by atoms with Crippen molar-refractivity contribution in [2.75, 3.05) is 0 Å². The lowest BCUT2D eigenvalue weighted by atomic mass is 10.0. The summed E-state index contributed by atoms with van der Waals surface area (Å²) in [7, 11) is 0. The van der Waals surface area contributed by atoms with Crippen LogP contribution in [0.3, 0.4) is 0 Å². The first kappa shape index (κ1) is 12.6. The summed E-state index contributed by atoms with van der Waals surface area (Å²) in [5, 5.41) is 46.4. The Morgan fingerprint density at radius 1 is 0.684 bits per heavy atom. The molecule has 0 amide bonds. The molecule has 2 rings (SSSR count). The highest BCUT2D eigenvalue weighted by Crippen LogP contribution is 2.36. The van der Waals surface area contributed by atoms with Gasteiger partial charge in [-0.1, -0.05) is 0 Å². The summed E-state index contributed by atoms with van der Waals surface area (Å²) in [4.78, 5) is 12.0. The summed E-state index contributed by atoms with van der Waals surface area (Å²) in [5.74, 6) is -3.25. The van der Waals surface area contributed by atoms with Crippen LogP contribution < -0.4 is 0 Å². The molecule has 0 bridgehead atoms. The molecule has 0 aliphatic carbocycles. The number of aromatic hydroxyl groups is 5. The lowest BCUT2D eigenvalue weighted by Crippen LogP contribution is -2.01. The maximum atomic E-state index is 12.0. The second kappa shape index (κ2) is 4.41. The van der Waals surface area contributed by atoms with Crippen molar-refractivity contribution in [1.29, 1.82) is 0 Å². The van der Waals surface area contributed by atoms with Crippen molar-refractivity contribution in [3.05, 3.63) is 41.5 Å². The average Bonchev–Trinajstić information content (AvgIpc) is 2.33. The van der Waals surface area contributed by atoms with Gasteiger partial charge in [0, 0.05) is 17.2 Å². The molecule has 0 aromatic heterocycles. The minimum atomic E-state index is -0.727. The topological polar surface area (TPSA) is 118 Å². The quantitative estimate of drug-likeness (QED) is 0.413. The molecule has 0 atom stereocenters. The van der Waals surface area contributed by atoms with Gasteiger partial charge in [0.15, 0.2) is 23.0 Å². The number of carbonyl (C=O) groups is 1. The number of hydrogen-bond donors (Lipinski definition) is 5. The van der Waals surface area contributed by atoms with E-state index in [0.29, 0.717) is 0 Å². The Bertz CT molecular complexity index is 619. The predicted octanol–water partition coefficient (Wildman–Crippen LogP) is 1.45. The van der Waals surface area contributed by atoms with E-state index in [1.165, 1.54) is 0 Å². The Morgan fingerprint density at radius 3 is 1.58 bits per heavy atom. The number of phenolic OH excluding ortho intramolecular Hbond substituents is 5.